The van der Waals surface area contributed by atoms with Crippen molar-refractivity contribution >= 4 is 34.9 Å². The fraction of sp³-hybridized carbons (Fsp3) is 0.222. The van der Waals surface area contributed by atoms with Crippen LogP contribution in [0.15, 0.2) is 36.4 Å². The van der Waals surface area contributed by atoms with Crippen LogP contribution in [0.1, 0.15) is 34.8 Å². The van der Waals surface area contributed by atoms with E-state index in [1.165, 1.54) is 6.07 Å². The quantitative estimate of drug-likeness (QED) is 0.558. The Morgan fingerprint density at radius 2 is 1.92 bits per heavy atom. The molecule has 2 aromatic rings. The molecule has 7 nitrogen and oxygen atoms in total. The third-order valence-electron chi connectivity index (χ3n) is 3.92. The number of hydrogen-bond donors (Lipinski definition) is 2. The summed E-state index contributed by atoms with van der Waals surface area (Å²) >= 11 is 6.05. The number of nitro groups is 1. The lowest BCUT2D eigenvalue weighted by Crippen LogP contribution is -2.17. The van der Waals surface area contributed by atoms with Gasteiger partial charge in [-0.05, 0) is 36.1 Å². The first-order valence-electron chi connectivity index (χ1n) is 7.92. The highest BCUT2D eigenvalue weighted by molar-refractivity contribution is 6.31. The molecule has 0 radical (unpaired) electrons. The number of carbonyl (C=O) groups is 2. The van der Waals surface area contributed by atoms with Gasteiger partial charge in [0.15, 0.2) is 0 Å². The molecule has 0 heterocycles. The largest absolute Gasteiger partial charge is 0.478 e. The van der Waals surface area contributed by atoms with E-state index in [2.05, 4.69) is 5.32 Å². The number of rotatable bonds is 7. The van der Waals surface area contributed by atoms with Crippen LogP contribution in [0.2, 0.25) is 5.02 Å². The van der Waals surface area contributed by atoms with Gasteiger partial charge < -0.3 is 10.4 Å². The van der Waals surface area contributed by atoms with Crippen molar-refractivity contribution in [1.82, 2.24) is 0 Å². The van der Waals surface area contributed by atoms with Gasteiger partial charge in [0.1, 0.15) is 5.69 Å². The number of aryl methyl sites for hydroxylation is 1. The molecule has 0 aliphatic heterocycles. The van der Waals surface area contributed by atoms with Crippen molar-refractivity contribution in [3.05, 3.63) is 68.2 Å². The molecule has 0 fully saturated rings. The number of amides is 1. The molecule has 2 aromatic carbocycles. The van der Waals surface area contributed by atoms with Crippen molar-refractivity contribution < 1.29 is 19.6 Å². The summed E-state index contributed by atoms with van der Waals surface area (Å²) in [6.07, 6.45) is 0.643. The van der Waals surface area contributed by atoms with Gasteiger partial charge in [0.05, 0.1) is 10.5 Å². The zero-order valence-electron chi connectivity index (χ0n) is 14.0. The molecule has 0 spiro atoms. The molecule has 0 unspecified atom stereocenters. The van der Waals surface area contributed by atoms with Crippen LogP contribution in [0, 0.1) is 10.1 Å². The molecule has 8 heteroatoms. The smallest absolute Gasteiger partial charge is 0.336 e. The van der Waals surface area contributed by atoms with Crippen LogP contribution in [0.25, 0.3) is 0 Å². The summed E-state index contributed by atoms with van der Waals surface area (Å²) in [4.78, 5) is 34.3. The molecule has 2 rings (SSSR count). The van der Waals surface area contributed by atoms with Crippen LogP contribution in [0.3, 0.4) is 0 Å². The molecule has 0 aliphatic rings. The van der Waals surface area contributed by atoms with Crippen LogP contribution in [-0.4, -0.2) is 21.9 Å². The lowest BCUT2D eigenvalue weighted by Gasteiger charge is -2.13. The van der Waals surface area contributed by atoms with Crippen LogP contribution in [-0.2, 0) is 17.6 Å². The molecule has 0 atom stereocenters. The minimum absolute atomic E-state index is 0.0569. The van der Waals surface area contributed by atoms with E-state index in [0.29, 0.717) is 11.4 Å². The van der Waals surface area contributed by atoms with Crippen LogP contribution in [0.4, 0.5) is 11.4 Å². The van der Waals surface area contributed by atoms with E-state index >= 15 is 0 Å². The fourth-order valence-corrected chi connectivity index (χ4v) is 2.88. The maximum atomic E-state index is 12.3. The summed E-state index contributed by atoms with van der Waals surface area (Å²) in [5.74, 6) is -1.66. The zero-order chi connectivity index (χ0) is 19.3. The first-order valence-corrected chi connectivity index (χ1v) is 8.29. The van der Waals surface area contributed by atoms with Gasteiger partial charge in [-0.2, -0.15) is 0 Å². The minimum atomic E-state index is -1.21. The lowest BCUT2D eigenvalue weighted by atomic mass is 10.0. The Bertz CT molecular complexity index is 867. The topological polar surface area (TPSA) is 110 Å². The van der Waals surface area contributed by atoms with Gasteiger partial charge >= 0.3 is 5.97 Å². The lowest BCUT2D eigenvalue weighted by molar-refractivity contribution is -0.384. The molecule has 1 amide bonds. The van der Waals surface area contributed by atoms with E-state index < -0.39 is 16.8 Å². The molecule has 0 aliphatic carbocycles. The molecule has 2 N–H and O–H groups in total. The van der Waals surface area contributed by atoms with Crippen molar-refractivity contribution in [2.45, 2.75) is 26.2 Å². The first-order chi connectivity index (χ1) is 12.3. The number of anilines is 1. The van der Waals surface area contributed by atoms with E-state index in [0.717, 1.165) is 11.6 Å². The van der Waals surface area contributed by atoms with Crippen molar-refractivity contribution in [3.8, 4) is 0 Å². The summed E-state index contributed by atoms with van der Waals surface area (Å²) in [6.45, 7) is 1.67. The zero-order valence-corrected chi connectivity index (χ0v) is 14.7. The Balaban J connectivity index is 2.27. The number of nitro benzene ring substituents is 1. The van der Waals surface area contributed by atoms with E-state index in [1.54, 1.807) is 31.2 Å². The van der Waals surface area contributed by atoms with Crippen LogP contribution in [0.5, 0.6) is 0 Å². The summed E-state index contributed by atoms with van der Waals surface area (Å²) in [5.41, 5.74) is 0.533. The second-order valence-corrected chi connectivity index (χ2v) is 5.95. The normalized spacial score (nSPS) is 10.4. The number of nitrogens with zero attached hydrogens (tertiary/aromatic N) is 1. The molecular weight excluding hydrogens is 360 g/mol. The third kappa shape index (κ3) is 4.37. The predicted octanol–water partition coefficient (Wildman–Crippen LogP) is 4.08. The van der Waals surface area contributed by atoms with E-state index in [1.807, 2.05) is 0 Å². The van der Waals surface area contributed by atoms with Crippen LogP contribution >= 0.6 is 11.6 Å². The van der Waals surface area contributed by atoms with Gasteiger partial charge in [-0.15, -0.1) is 0 Å². The molecule has 26 heavy (non-hydrogen) atoms. The fourth-order valence-electron chi connectivity index (χ4n) is 2.65. The summed E-state index contributed by atoms with van der Waals surface area (Å²) in [6, 6.07) is 9.35. The van der Waals surface area contributed by atoms with E-state index in [-0.39, 0.29) is 35.3 Å². The number of nitrogens with one attached hydrogen (secondary N) is 1. The average Bonchev–Trinajstić information content (AvgIpc) is 2.60. The van der Waals surface area contributed by atoms with Gasteiger partial charge in [0.25, 0.3) is 5.69 Å². The highest BCUT2D eigenvalue weighted by atomic mass is 35.5. The van der Waals surface area contributed by atoms with Gasteiger partial charge in [-0.25, -0.2) is 4.79 Å². The number of carboxylic acids is 1. The second-order valence-electron chi connectivity index (χ2n) is 5.54. The summed E-state index contributed by atoms with van der Waals surface area (Å²) in [5, 5.41) is 23.6. The molecule has 136 valence electrons. The Morgan fingerprint density at radius 1 is 1.23 bits per heavy atom. The molecule has 0 saturated carbocycles. The molecule has 0 bridgehead atoms. The minimum Gasteiger partial charge on any atom is -0.478 e. The van der Waals surface area contributed by atoms with Gasteiger partial charge in [0, 0.05) is 17.5 Å². The van der Waals surface area contributed by atoms with Crippen molar-refractivity contribution in [1.29, 1.82) is 0 Å². The standard InChI is InChI=1S/C18H17ClN2O5/c1-2-12-13(18(23)24)8-9-15(21(25)26)17(12)20-16(22)10-7-11-5-3-4-6-14(11)19/h3-6,8-9H,2,7,10H2,1H3,(H,20,22)(H,23,24). The third-order valence-corrected chi connectivity index (χ3v) is 4.28. The van der Waals surface area contributed by atoms with Crippen LogP contribution < -0.4 is 5.32 Å². The first kappa shape index (κ1) is 19.4. The summed E-state index contributed by atoms with van der Waals surface area (Å²) in [7, 11) is 0. The number of aromatic carboxylic acids is 1. The second kappa shape index (κ2) is 8.44. The number of benzene rings is 2. The summed E-state index contributed by atoms with van der Waals surface area (Å²) < 4.78 is 0. The van der Waals surface area contributed by atoms with Crippen molar-refractivity contribution in [2.75, 3.05) is 5.32 Å². The van der Waals surface area contributed by atoms with E-state index in [9.17, 15) is 24.8 Å². The number of halogens is 1. The number of carboxylic acid groups (broad SMARTS) is 1. The Labute approximate surface area is 154 Å². The monoisotopic (exact) mass is 376 g/mol. The van der Waals surface area contributed by atoms with Crippen molar-refractivity contribution in [3.63, 3.8) is 0 Å². The molecule has 0 aromatic heterocycles. The van der Waals surface area contributed by atoms with Gasteiger partial charge in [-0.3, -0.25) is 14.9 Å². The SMILES string of the molecule is CCc1c(C(=O)O)ccc([N+](=O)[O-])c1NC(=O)CCc1ccccc1Cl. The maximum Gasteiger partial charge on any atom is 0.336 e. The van der Waals surface area contributed by atoms with Gasteiger partial charge in [-0.1, -0.05) is 36.7 Å². The van der Waals surface area contributed by atoms with Crippen molar-refractivity contribution in [2.24, 2.45) is 0 Å². The predicted molar refractivity (Wildman–Crippen MR) is 97.8 cm³/mol. The molecule has 0 saturated heterocycles. The number of hydrogen-bond acceptors (Lipinski definition) is 4. The maximum absolute atomic E-state index is 12.3. The highest BCUT2D eigenvalue weighted by Crippen LogP contribution is 2.32. The Kier molecular flexibility index (Phi) is 6.30. The van der Waals surface area contributed by atoms with Gasteiger partial charge in [0.2, 0.25) is 5.91 Å². The Hall–Kier alpha value is -2.93. The molecular formula is C18H17ClN2O5. The Morgan fingerprint density at radius 3 is 2.50 bits per heavy atom. The van der Waals surface area contributed by atoms with E-state index in [4.69, 9.17) is 11.6 Å². The average molecular weight is 377 g/mol. The highest BCUT2D eigenvalue weighted by Gasteiger charge is 2.24. The number of carbonyl (C=O) groups excluding carboxylic acids is 1.